The van der Waals surface area contributed by atoms with Crippen molar-refractivity contribution in [3.05, 3.63) is 11.6 Å². The number of ether oxygens (including phenoxy) is 1. The van der Waals surface area contributed by atoms with E-state index in [1.165, 1.54) is 18.4 Å². The van der Waals surface area contributed by atoms with Gasteiger partial charge in [0.25, 0.3) is 0 Å². The first kappa shape index (κ1) is 15.6. The van der Waals surface area contributed by atoms with Crippen molar-refractivity contribution in [3.8, 4) is 0 Å². The largest absolute Gasteiger partial charge is 0.466 e. The second-order valence-corrected chi connectivity index (χ2v) is 6.89. The lowest BCUT2D eigenvalue weighted by molar-refractivity contribution is -0.142. The van der Waals surface area contributed by atoms with E-state index < -0.39 is 0 Å². The summed E-state index contributed by atoms with van der Waals surface area (Å²) < 4.78 is 5.30. The fraction of sp³-hybridized carbons (Fsp3) is 0.800. The number of allylic oxidation sites excluding steroid dienone is 2. The number of hydrogen-bond acceptors (Lipinski definition) is 3. The molecule has 3 heteroatoms. The van der Waals surface area contributed by atoms with Gasteiger partial charge in [0.2, 0.25) is 0 Å². The zero-order chi connectivity index (χ0) is 13.6. The van der Waals surface area contributed by atoms with E-state index in [1.54, 1.807) is 0 Å². The quantitative estimate of drug-likeness (QED) is 0.534. The van der Waals surface area contributed by atoms with Crippen LogP contribution in [0.2, 0.25) is 0 Å². The van der Waals surface area contributed by atoms with Crippen molar-refractivity contribution in [1.29, 1.82) is 0 Å². The predicted molar refractivity (Wildman–Crippen MR) is 78.9 cm³/mol. The molecule has 2 nitrogen and oxygen atoms in total. The van der Waals surface area contributed by atoms with Gasteiger partial charge in [-0.3, -0.25) is 4.79 Å². The fourth-order valence-corrected chi connectivity index (χ4v) is 3.81. The summed E-state index contributed by atoms with van der Waals surface area (Å²) in [6, 6.07) is 0. The number of rotatable bonds is 6. The van der Waals surface area contributed by atoms with Gasteiger partial charge in [0.15, 0.2) is 0 Å². The van der Waals surface area contributed by atoms with Crippen molar-refractivity contribution in [2.45, 2.75) is 58.1 Å². The molecule has 1 rings (SSSR count). The summed E-state index contributed by atoms with van der Waals surface area (Å²) in [5, 5.41) is 0. The molecule has 0 N–H and O–H groups in total. The van der Waals surface area contributed by atoms with Crippen LogP contribution in [0.15, 0.2) is 11.6 Å². The van der Waals surface area contributed by atoms with Gasteiger partial charge in [0, 0.05) is 10.5 Å². The summed E-state index contributed by atoms with van der Waals surface area (Å²) >= 11 is 1.96. The Labute approximate surface area is 116 Å². The highest BCUT2D eigenvalue weighted by atomic mass is 32.2. The third-order valence-electron chi connectivity index (χ3n) is 3.79. The number of carbonyl (C=O) groups excluding carboxylic acids is 1. The zero-order valence-corrected chi connectivity index (χ0v) is 12.9. The molecule has 0 aromatic rings. The van der Waals surface area contributed by atoms with Gasteiger partial charge >= 0.3 is 5.97 Å². The van der Waals surface area contributed by atoms with E-state index in [0.717, 1.165) is 12.2 Å². The molecule has 1 aliphatic carbocycles. The molecule has 0 aromatic heterocycles. The molecule has 0 spiro atoms. The highest BCUT2D eigenvalue weighted by Crippen LogP contribution is 2.44. The summed E-state index contributed by atoms with van der Waals surface area (Å²) in [4.78, 5) is 11.4. The van der Waals surface area contributed by atoms with E-state index in [9.17, 15) is 4.79 Å². The van der Waals surface area contributed by atoms with Gasteiger partial charge in [-0.05, 0) is 39.0 Å². The van der Waals surface area contributed by atoms with Gasteiger partial charge in [-0.2, -0.15) is 11.8 Å². The Morgan fingerprint density at radius 2 is 2.28 bits per heavy atom. The van der Waals surface area contributed by atoms with Gasteiger partial charge in [-0.25, -0.2) is 0 Å². The lowest BCUT2D eigenvalue weighted by Crippen LogP contribution is -2.33. The summed E-state index contributed by atoms with van der Waals surface area (Å²) in [7, 11) is 0. The molecule has 0 bridgehead atoms. The number of thioether (sulfide) groups is 1. The monoisotopic (exact) mass is 270 g/mol. The standard InChI is InChI=1S/C15H26O2S/c1-5-17-14(16)8-11-18-15(12(2)3)9-6-13(4)7-10-15/h6,12H,5,7-11H2,1-4H3. The van der Waals surface area contributed by atoms with Crippen LogP contribution in [0.4, 0.5) is 0 Å². The molecule has 0 aliphatic heterocycles. The maximum absolute atomic E-state index is 11.4. The topological polar surface area (TPSA) is 26.3 Å². The number of esters is 1. The first-order valence-electron chi connectivity index (χ1n) is 6.95. The zero-order valence-electron chi connectivity index (χ0n) is 12.1. The Morgan fingerprint density at radius 1 is 1.56 bits per heavy atom. The molecule has 0 saturated heterocycles. The van der Waals surface area contributed by atoms with Gasteiger partial charge in [0.05, 0.1) is 13.0 Å². The smallest absolute Gasteiger partial charge is 0.306 e. The Hall–Kier alpha value is -0.440. The van der Waals surface area contributed by atoms with Crippen LogP contribution in [0.3, 0.4) is 0 Å². The highest BCUT2D eigenvalue weighted by Gasteiger charge is 2.34. The van der Waals surface area contributed by atoms with Gasteiger partial charge in [-0.1, -0.05) is 25.5 Å². The van der Waals surface area contributed by atoms with E-state index in [4.69, 9.17) is 4.74 Å². The number of carbonyl (C=O) groups is 1. The van der Waals surface area contributed by atoms with Crippen LogP contribution >= 0.6 is 11.8 Å². The highest BCUT2D eigenvalue weighted by molar-refractivity contribution is 8.00. The summed E-state index contributed by atoms with van der Waals surface area (Å²) in [5.74, 6) is 1.46. The van der Waals surface area contributed by atoms with Crippen molar-refractivity contribution in [2.75, 3.05) is 12.4 Å². The molecule has 1 atom stereocenters. The molecule has 0 aromatic carbocycles. The molecule has 1 aliphatic rings. The molecule has 0 saturated carbocycles. The molecule has 0 heterocycles. The van der Waals surface area contributed by atoms with E-state index in [1.807, 2.05) is 18.7 Å². The van der Waals surface area contributed by atoms with Crippen molar-refractivity contribution in [2.24, 2.45) is 5.92 Å². The fourth-order valence-electron chi connectivity index (χ4n) is 2.35. The summed E-state index contributed by atoms with van der Waals surface area (Å²) in [6.45, 7) is 9.15. The van der Waals surface area contributed by atoms with Crippen molar-refractivity contribution >= 4 is 17.7 Å². The van der Waals surface area contributed by atoms with Crippen LogP contribution in [0.1, 0.15) is 53.4 Å². The molecule has 104 valence electrons. The Kier molecular flexibility index (Phi) is 6.27. The maximum Gasteiger partial charge on any atom is 0.306 e. The first-order valence-corrected chi connectivity index (χ1v) is 7.94. The van der Waals surface area contributed by atoms with Crippen LogP contribution < -0.4 is 0 Å². The van der Waals surface area contributed by atoms with Gasteiger partial charge in [0.1, 0.15) is 0 Å². The molecular weight excluding hydrogens is 244 g/mol. The minimum absolute atomic E-state index is 0.0635. The van der Waals surface area contributed by atoms with E-state index in [2.05, 4.69) is 26.8 Å². The average Bonchev–Trinajstić information content (AvgIpc) is 2.32. The Bertz CT molecular complexity index is 310. The van der Waals surface area contributed by atoms with Gasteiger partial charge < -0.3 is 4.74 Å². The van der Waals surface area contributed by atoms with Crippen LogP contribution in [0, 0.1) is 5.92 Å². The maximum atomic E-state index is 11.4. The Morgan fingerprint density at radius 3 is 2.78 bits per heavy atom. The summed E-state index contributed by atoms with van der Waals surface area (Å²) in [5.41, 5.74) is 1.51. The normalized spacial score (nSPS) is 23.9. The SMILES string of the molecule is CCOC(=O)CCSC1(C(C)C)CC=C(C)CC1. The van der Waals surface area contributed by atoms with Crippen molar-refractivity contribution < 1.29 is 9.53 Å². The van der Waals surface area contributed by atoms with Crippen molar-refractivity contribution in [3.63, 3.8) is 0 Å². The van der Waals surface area contributed by atoms with Crippen LogP contribution in [0.5, 0.6) is 0 Å². The number of hydrogen-bond donors (Lipinski definition) is 0. The third kappa shape index (κ3) is 4.34. The first-order chi connectivity index (χ1) is 8.50. The molecule has 0 fully saturated rings. The third-order valence-corrected chi connectivity index (χ3v) is 5.62. The summed E-state index contributed by atoms with van der Waals surface area (Å²) in [6.07, 6.45) is 6.49. The van der Waals surface area contributed by atoms with E-state index in [0.29, 0.717) is 23.7 Å². The van der Waals surface area contributed by atoms with Crippen LogP contribution in [-0.4, -0.2) is 23.1 Å². The minimum atomic E-state index is -0.0635. The Balaban J connectivity index is 2.47. The molecule has 18 heavy (non-hydrogen) atoms. The lowest BCUT2D eigenvalue weighted by atomic mass is 9.82. The predicted octanol–water partition coefficient (Wildman–Crippen LogP) is 4.20. The average molecular weight is 270 g/mol. The van der Waals surface area contributed by atoms with E-state index >= 15 is 0 Å². The minimum Gasteiger partial charge on any atom is -0.466 e. The van der Waals surface area contributed by atoms with Crippen LogP contribution in [-0.2, 0) is 9.53 Å². The van der Waals surface area contributed by atoms with E-state index in [-0.39, 0.29) is 5.97 Å². The molecule has 1 unspecified atom stereocenters. The van der Waals surface area contributed by atoms with Gasteiger partial charge in [-0.15, -0.1) is 0 Å². The van der Waals surface area contributed by atoms with Crippen molar-refractivity contribution in [1.82, 2.24) is 0 Å². The molecule has 0 radical (unpaired) electrons. The molecule has 0 amide bonds. The van der Waals surface area contributed by atoms with Crippen LogP contribution in [0.25, 0.3) is 0 Å². The second-order valence-electron chi connectivity index (χ2n) is 5.38. The second kappa shape index (κ2) is 7.22. The lowest BCUT2D eigenvalue weighted by Gasteiger charge is -2.39. The molecular formula is C15H26O2S.